The van der Waals surface area contributed by atoms with Gasteiger partial charge in [0.15, 0.2) is 0 Å². The third-order valence-corrected chi connectivity index (χ3v) is 6.18. The Labute approximate surface area is 157 Å². The Morgan fingerprint density at radius 3 is 2.81 bits per heavy atom. The predicted octanol–water partition coefficient (Wildman–Crippen LogP) is 1.97. The van der Waals surface area contributed by atoms with Gasteiger partial charge in [-0.3, -0.25) is 19.8 Å². The highest BCUT2D eigenvalue weighted by Gasteiger charge is 2.52. The molecule has 1 saturated heterocycles. The summed E-state index contributed by atoms with van der Waals surface area (Å²) in [5.74, 6) is -0.397. The Morgan fingerprint density at radius 2 is 2.19 bits per heavy atom. The number of nitro groups is 1. The number of non-ortho nitro benzene ring substituents is 1. The number of hydrogen-bond acceptors (Lipinski definition) is 8. The minimum atomic E-state index is -0.627. The van der Waals surface area contributed by atoms with Gasteiger partial charge in [0.1, 0.15) is 23.7 Å². The molecule has 0 saturated carbocycles. The summed E-state index contributed by atoms with van der Waals surface area (Å²) in [6.45, 7) is 3.59. The van der Waals surface area contributed by atoms with Crippen LogP contribution in [0.25, 0.3) is 0 Å². The van der Waals surface area contributed by atoms with E-state index in [1.165, 1.54) is 52.7 Å². The number of carbonyl (C=O) groups excluding carboxylic acids is 2. The zero-order chi connectivity index (χ0) is 18.8. The molecule has 3 rings (SSSR count). The van der Waals surface area contributed by atoms with Gasteiger partial charge in [-0.05, 0) is 23.1 Å². The van der Waals surface area contributed by atoms with Crippen LogP contribution in [0.4, 0.5) is 5.69 Å². The van der Waals surface area contributed by atoms with E-state index in [1.54, 1.807) is 5.41 Å². The second kappa shape index (κ2) is 7.52. The van der Waals surface area contributed by atoms with E-state index in [0.29, 0.717) is 16.2 Å². The largest absolute Gasteiger partial charge is 0.456 e. The zero-order valence-corrected chi connectivity index (χ0v) is 15.1. The summed E-state index contributed by atoms with van der Waals surface area (Å²) in [5, 5.41) is 12.0. The van der Waals surface area contributed by atoms with Gasteiger partial charge in [-0.15, -0.1) is 11.8 Å². The maximum absolute atomic E-state index is 12.6. The molecule has 0 bridgehead atoms. The second-order valence-corrected chi connectivity index (χ2v) is 7.66. The lowest BCUT2D eigenvalue weighted by atomic mass is 10.1. The van der Waals surface area contributed by atoms with Gasteiger partial charge in [-0.1, -0.05) is 18.3 Å². The number of β-lactam (4-membered cyclic amide) rings is 1. The van der Waals surface area contributed by atoms with E-state index < -0.39 is 16.9 Å². The van der Waals surface area contributed by atoms with Crippen molar-refractivity contribution in [3.05, 3.63) is 62.5 Å². The van der Waals surface area contributed by atoms with Crippen molar-refractivity contribution < 1.29 is 19.2 Å². The molecule has 10 heteroatoms. The van der Waals surface area contributed by atoms with Crippen molar-refractivity contribution >= 4 is 41.1 Å². The van der Waals surface area contributed by atoms with Crippen LogP contribution in [-0.2, 0) is 20.9 Å². The van der Waals surface area contributed by atoms with Crippen molar-refractivity contribution in [2.45, 2.75) is 18.0 Å². The van der Waals surface area contributed by atoms with E-state index in [4.69, 9.17) is 10.5 Å². The van der Waals surface area contributed by atoms with Crippen molar-refractivity contribution in [2.75, 3.05) is 5.75 Å². The minimum absolute atomic E-state index is 0.0419. The molecular formula is C16H15N3O5S2. The van der Waals surface area contributed by atoms with Gasteiger partial charge in [0, 0.05) is 22.8 Å². The van der Waals surface area contributed by atoms with Crippen LogP contribution in [0.3, 0.4) is 0 Å². The highest BCUT2D eigenvalue weighted by atomic mass is 32.2. The number of amides is 1. The number of esters is 1. The van der Waals surface area contributed by atoms with Crippen LogP contribution in [0, 0.1) is 10.1 Å². The van der Waals surface area contributed by atoms with Crippen LogP contribution in [0.5, 0.6) is 0 Å². The van der Waals surface area contributed by atoms with E-state index in [0.717, 1.165) is 0 Å². The maximum Gasteiger partial charge on any atom is 0.356 e. The molecule has 2 heterocycles. The van der Waals surface area contributed by atoms with Gasteiger partial charge < -0.3 is 10.5 Å². The summed E-state index contributed by atoms with van der Waals surface area (Å²) in [6.07, 6.45) is 0. The van der Waals surface area contributed by atoms with E-state index in [1.807, 2.05) is 0 Å². The summed E-state index contributed by atoms with van der Waals surface area (Å²) < 4.78 is 5.32. The molecule has 2 atom stereocenters. The topological polar surface area (TPSA) is 116 Å². The molecule has 1 aromatic carbocycles. The quantitative estimate of drug-likeness (QED) is 0.337. The van der Waals surface area contributed by atoms with Crippen LogP contribution >= 0.6 is 23.5 Å². The lowest BCUT2D eigenvalue weighted by Gasteiger charge is -2.48. The van der Waals surface area contributed by atoms with Gasteiger partial charge in [0.05, 0.1) is 4.92 Å². The fourth-order valence-electron chi connectivity index (χ4n) is 2.60. The summed E-state index contributed by atoms with van der Waals surface area (Å²) in [7, 11) is 0. The average molecular weight is 393 g/mol. The van der Waals surface area contributed by atoms with Gasteiger partial charge in [-0.25, -0.2) is 4.79 Å². The number of benzene rings is 1. The molecule has 1 aromatic rings. The van der Waals surface area contributed by atoms with Gasteiger partial charge in [0.25, 0.3) is 5.69 Å². The van der Waals surface area contributed by atoms with Crippen molar-refractivity contribution in [2.24, 2.45) is 5.73 Å². The number of hydrogen-bond donors (Lipinski definition) is 1. The second-order valence-electron chi connectivity index (χ2n) is 5.49. The fraction of sp³-hybridized carbons (Fsp3) is 0.250. The first-order valence-electron chi connectivity index (χ1n) is 7.55. The van der Waals surface area contributed by atoms with Crippen LogP contribution in [0.2, 0.25) is 0 Å². The highest BCUT2D eigenvalue weighted by molar-refractivity contribution is 8.08. The third-order valence-electron chi connectivity index (χ3n) is 3.91. The fourth-order valence-corrected chi connectivity index (χ4v) is 4.71. The van der Waals surface area contributed by atoms with Crippen molar-refractivity contribution in [1.82, 2.24) is 4.90 Å². The Kier molecular flexibility index (Phi) is 5.35. The Morgan fingerprint density at radius 1 is 1.50 bits per heavy atom. The van der Waals surface area contributed by atoms with E-state index in [2.05, 4.69) is 6.58 Å². The summed E-state index contributed by atoms with van der Waals surface area (Å²) >= 11 is 2.77. The van der Waals surface area contributed by atoms with Gasteiger partial charge in [-0.2, -0.15) is 0 Å². The normalized spacial score (nSPS) is 21.7. The van der Waals surface area contributed by atoms with Crippen LogP contribution < -0.4 is 5.73 Å². The maximum atomic E-state index is 12.6. The van der Waals surface area contributed by atoms with E-state index in [-0.39, 0.29) is 29.3 Å². The number of nitrogens with zero attached hydrogens (tertiary/aromatic N) is 2. The third kappa shape index (κ3) is 3.35. The molecule has 136 valence electrons. The average Bonchev–Trinajstić information content (AvgIpc) is 2.65. The number of rotatable bonds is 6. The molecule has 0 aromatic heterocycles. The molecule has 0 radical (unpaired) electrons. The van der Waals surface area contributed by atoms with Crippen LogP contribution in [0.15, 0.2) is 46.9 Å². The molecule has 2 aliphatic heterocycles. The standard InChI is InChI=1S/C16H15N3O5S2/c1-2-25-11-8-26-15-12(17)14(20)18(15)13(11)16(21)24-7-9-3-5-10(6-4-9)19(22)23/h2-6,12,15H,1,7-8,17H2/t12?,15-/m0/s1. The van der Waals surface area contributed by atoms with E-state index in [9.17, 15) is 19.7 Å². The molecule has 0 aliphatic carbocycles. The molecule has 2 N–H and O–H groups in total. The number of nitro benzene ring substituents is 1. The lowest BCUT2D eigenvalue weighted by molar-refractivity contribution is -0.384. The summed E-state index contributed by atoms with van der Waals surface area (Å²) in [6, 6.07) is 5.10. The molecule has 8 nitrogen and oxygen atoms in total. The molecule has 1 unspecified atom stereocenters. The number of thioether (sulfide) groups is 2. The Hall–Kier alpha value is -2.30. The first kappa shape index (κ1) is 18.5. The predicted molar refractivity (Wildman–Crippen MR) is 98.8 cm³/mol. The van der Waals surface area contributed by atoms with Gasteiger partial charge >= 0.3 is 5.97 Å². The first-order chi connectivity index (χ1) is 12.4. The molecule has 2 aliphatic rings. The number of fused-ring (bicyclic) bond motifs is 1. The summed E-state index contributed by atoms with van der Waals surface area (Å²) in [4.78, 5) is 36.9. The summed E-state index contributed by atoms with van der Waals surface area (Å²) in [5.41, 5.74) is 6.56. The number of ether oxygens (including phenoxy) is 1. The zero-order valence-electron chi connectivity index (χ0n) is 13.5. The molecular weight excluding hydrogens is 378 g/mol. The molecule has 0 spiro atoms. The smallest absolute Gasteiger partial charge is 0.356 e. The Balaban J connectivity index is 1.74. The lowest BCUT2D eigenvalue weighted by Crippen LogP contribution is -2.68. The van der Waals surface area contributed by atoms with Crippen molar-refractivity contribution in [1.29, 1.82) is 0 Å². The SMILES string of the molecule is C=CSC1=C(C(=O)OCc2ccc([N+](=O)[O-])cc2)N2C(=O)C(N)[C@@H]2SC1. The Bertz CT molecular complexity index is 809. The van der Waals surface area contributed by atoms with E-state index >= 15 is 0 Å². The van der Waals surface area contributed by atoms with Crippen LogP contribution in [0.1, 0.15) is 5.56 Å². The van der Waals surface area contributed by atoms with Crippen molar-refractivity contribution in [3.63, 3.8) is 0 Å². The molecule has 1 amide bonds. The van der Waals surface area contributed by atoms with Crippen molar-refractivity contribution in [3.8, 4) is 0 Å². The number of carbonyl (C=O) groups is 2. The number of nitrogens with two attached hydrogens (primary N) is 1. The first-order valence-corrected chi connectivity index (χ1v) is 9.48. The molecule has 26 heavy (non-hydrogen) atoms. The van der Waals surface area contributed by atoms with Crippen LogP contribution in [-0.4, -0.2) is 38.9 Å². The monoisotopic (exact) mass is 393 g/mol. The van der Waals surface area contributed by atoms with Gasteiger partial charge in [0.2, 0.25) is 5.91 Å². The minimum Gasteiger partial charge on any atom is -0.456 e. The molecule has 1 fully saturated rings. The highest BCUT2D eigenvalue weighted by Crippen LogP contribution is 2.43.